The lowest BCUT2D eigenvalue weighted by atomic mass is 9.90. The highest BCUT2D eigenvalue weighted by Crippen LogP contribution is 2.30. The van der Waals surface area contributed by atoms with Gasteiger partial charge in [0.25, 0.3) is 5.91 Å². The summed E-state index contributed by atoms with van der Waals surface area (Å²) < 4.78 is 5.66. The number of likely N-dealkylation sites (tertiary alicyclic amines) is 1. The topological polar surface area (TPSA) is 66.8 Å². The van der Waals surface area contributed by atoms with E-state index in [1.165, 1.54) is 0 Å². The van der Waals surface area contributed by atoms with Crippen LogP contribution in [-0.2, 0) is 9.59 Å². The van der Waals surface area contributed by atoms with Crippen LogP contribution in [0.1, 0.15) is 25.8 Å². The molecule has 5 nitrogen and oxygen atoms in total. The molecule has 2 rings (SSSR count). The fourth-order valence-corrected chi connectivity index (χ4v) is 2.52. The summed E-state index contributed by atoms with van der Waals surface area (Å²) in [6, 6.07) is 7.51. The molecule has 1 N–H and O–H groups in total. The summed E-state index contributed by atoms with van der Waals surface area (Å²) in [6.07, 6.45) is -0.145. The molecule has 0 aromatic heterocycles. The Morgan fingerprint density at radius 2 is 2.14 bits per heavy atom. The van der Waals surface area contributed by atoms with Gasteiger partial charge in [-0.05, 0) is 44.9 Å². The van der Waals surface area contributed by atoms with Crippen molar-refractivity contribution in [3.8, 4) is 5.75 Å². The first-order valence-electron chi connectivity index (χ1n) is 7.07. The third-order valence-electron chi connectivity index (χ3n) is 3.95. The normalized spacial score (nSPS) is 22.9. The van der Waals surface area contributed by atoms with Gasteiger partial charge in [-0.15, -0.1) is 0 Å². The number of hydrogen-bond acceptors (Lipinski definition) is 3. The van der Waals surface area contributed by atoms with Crippen molar-refractivity contribution >= 4 is 11.9 Å². The Morgan fingerprint density at radius 1 is 1.43 bits per heavy atom. The average molecular weight is 291 g/mol. The van der Waals surface area contributed by atoms with Gasteiger partial charge in [-0.3, -0.25) is 9.59 Å². The molecule has 2 atom stereocenters. The number of carboxylic acid groups (broad SMARTS) is 1. The molecule has 1 amide bonds. The van der Waals surface area contributed by atoms with Crippen molar-refractivity contribution in [2.75, 3.05) is 13.1 Å². The van der Waals surface area contributed by atoms with Crippen LogP contribution in [0.5, 0.6) is 5.75 Å². The monoisotopic (exact) mass is 291 g/mol. The zero-order chi connectivity index (χ0) is 15.6. The lowest BCUT2D eigenvalue weighted by molar-refractivity contribution is -0.147. The quantitative estimate of drug-likeness (QED) is 0.922. The number of nitrogens with zero attached hydrogens (tertiary/aromatic N) is 1. The van der Waals surface area contributed by atoms with Gasteiger partial charge in [0.15, 0.2) is 6.10 Å². The predicted octanol–water partition coefficient (Wildman–Crippen LogP) is 2.09. The molecule has 0 saturated carbocycles. The first-order valence-corrected chi connectivity index (χ1v) is 7.07. The minimum Gasteiger partial charge on any atom is -0.481 e. The first kappa shape index (κ1) is 15.4. The summed E-state index contributed by atoms with van der Waals surface area (Å²) in [5.74, 6) is -0.373. The molecule has 1 aliphatic heterocycles. The number of aliphatic carboxylic acids is 1. The third-order valence-corrected chi connectivity index (χ3v) is 3.95. The van der Waals surface area contributed by atoms with Gasteiger partial charge in [0, 0.05) is 13.1 Å². The number of carboxylic acids is 1. The Labute approximate surface area is 124 Å². The van der Waals surface area contributed by atoms with Crippen molar-refractivity contribution in [3.63, 3.8) is 0 Å². The molecule has 1 aromatic rings. The van der Waals surface area contributed by atoms with Crippen molar-refractivity contribution < 1.29 is 19.4 Å². The Kier molecular flexibility index (Phi) is 4.21. The van der Waals surface area contributed by atoms with Gasteiger partial charge >= 0.3 is 5.97 Å². The molecule has 0 spiro atoms. The molecular formula is C16H21NO4. The smallest absolute Gasteiger partial charge is 0.311 e. The van der Waals surface area contributed by atoms with Crippen LogP contribution in [0.25, 0.3) is 0 Å². The highest BCUT2D eigenvalue weighted by atomic mass is 16.5. The molecule has 114 valence electrons. The molecule has 0 unspecified atom stereocenters. The van der Waals surface area contributed by atoms with E-state index in [1.807, 2.05) is 31.2 Å². The average Bonchev–Trinajstić information content (AvgIpc) is 2.82. The molecule has 1 fully saturated rings. The fraction of sp³-hybridized carbons (Fsp3) is 0.500. The zero-order valence-corrected chi connectivity index (χ0v) is 12.6. The van der Waals surface area contributed by atoms with Gasteiger partial charge in [-0.25, -0.2) is 0 Å². The standard InChI is InChI=1S/C16H21NO4/c1-11-5-4-6-13(9-11)21-12(2)14(18)17-8-7-16(3,10-17)15(19)20/h4-6,9,12H,7-8,10H2,1-3H3,(H,19,20)/t12-,16+/m1/s1. The summed E-state index contributed by atoms with van der Waals surface area (Å²) in [4.78, 5) is 25.2. The van der Waals surface area contributed by atoms with Crippen molar-refractivity contribution in [1.82, 2.24) is 4.90 Å². The van der Waals surface area contributed by atoms with Crippen LogP contribution in [0, 0.1) is 12.3 Å². The van der Waals surface area contributed by atoms with Gasteiger partial charge in [-0.2, -0.15) is 0 Å². The summed E-state index contributed by atoms with van der Waals surface area (Å²) >= 11 is 0. The van der Waals surface area contributed by atoms with E-state index >= 15 is 0 Å². The maximum Gasteiger partial charge on any atom is 0.311 e. The summed E-state index contributed by atoms with van der Waals surface area (Å²) in [5, 5.41) is 9.21. The number of aryl methyl sites for hydroxylation is 1. The van der Waals surface area contributed by atoms with Gasteiger partial charge < -0.3 is 14.7 Å². The second-order valence-electron chi connectivity index (χ2n) is 5.95. The number of hydrogen-bond donors (Lipinski definition) is 1. The molecule has 1 saturated heterocycles. The first-order chi connectivity index (χ1) is 9.82. The Morgan fingerprint density at radius 3 is 2.71 bits per heavy atom. The van der Waals surface area contributed by atoms with Crippen LogP contribution in [-0.4, -0.2) is 41.1 Å². The third kappa shape index (κ3) is 3.35. The zero-order valence-electron chi connectivity index (χ0n) is 12.6. The van der Waals surface area contributed by atoms with Gasteiger partial charge in [0.2, 0.25) is 0 Å². The maximum absolute atomic E-state index is 12.4. The molecule has 1 aliphatic rings. The highest BCUT2D eigenvalue weighted by molar-refractivity contribution is 5.83. The van der Waals surface area contributed by atoms with Crippen molar-refractivity contribution in [2.45, 2.75) is 33.3 Å². The maximum atomic E-state index is 12.4. The number of carbonyl (C=O) groups is 2. The van der Waals surface area contributed by atoms with E-state index in [9.17, 15) is 14.7 Å². The van der Waals surface area contributed by atoms with Crippen molar-refractivity contribution in [3.05, 3.63) is 29.8 Å². The van der Waals surface area contributed by atoms with E-state index in [0.29, 0.717) is 18.7 Å². The number of rotatable bonds is 4. The molecule has 5 heteroatoms. The van der Waals surface area contributed by atoms with E-state index in [2.05, 4.69) is 0 Å². The van der Waals surface area contributed by atoms with Crippen LogP contribution in [0.2, 0.25) is 0 Å². The van der Waals surface area contributed by atoms with E-state index in [4.69, 9.17) is 4.74 Å². The van der Waals surface area contributed by atoms with E-state index < -0.39 is 17.5 Å². The van der Waals surface area contributed by atoms with Crippen LogP contribution in [0.3, 0.4) is 0 Å². The number of benzene rings is 1. The lowest BCUT2D eigenvalue weighted by Crippen LogP contribution is -2.41. The summed E-state index contributed by atoms with van der Waals surface area (Å²) in [7, 11) is 0. The second-order valence-corrected chi connectivity index (χ2v) is 5.95. The number of carbonyl (C=O) groups excluding carboxylic acids is 1. The summed E-state index contributed by atoms with van der Waals surface area (Å²) in [5.41, 5.74) is 0.213. The van der Waals surface area contributed by atoms with Crippen molar-refractivity contribution in [2.24, 2.45) is 5.41 Å². The molecule has 1 heterocycles. The largest absolute Gasteiger partial charge is 0.481 e. The molecule has 0 bridgehead atoms. The van der Waals surface area contributed by atoms with E-state index in [0.717, 1.165) is 5.56 Å². The molecular weight excluding hydrogens is 270 g/mol. The second kappa shape index (κ2) is 5.76. The van der Waals surface area contributed by atoms with Crippen LogP contribution in [0.15, 0.2) is 24.3 Å². The molecule has 1 aromatic carbocycles. The fourth-order valence-electron chi connectivity index (χ4n) is 2.52. The van der Waals surface area contributed by atoms with Crippen molar-refractivity contribution in [1.29, 1.82) is 0 Å². The van der Waals surface area contributed by atoms with Gasteiger partial charge in [0.1, 0.15) is 5.75 Å². The molecule has 0 radical (unpaired) electrons. The van der Waals surface area contributed by atoms with Crippen LogP contribution < -0.4 is 4.74 Å². The van der Waals surface area contributed by atoms with Gasteiger partial charge in [0.05, 0.1) is 5.41 Å². The molecule has 0 aliphatic carbocycles. The summed E-state index contributed by atoms with van der Waals surface area (Å²) in [6.45, 7) is 6.03. The van der Waals surface area contributed by atoms with Crippen LogP contribution in [0.4, 0.5) is 0 Å². The Bertz CT molecular complexity index is 557. The minimum absolute atomic E-state index is 0.165. The molecule has 21 heavy (non-hydrogen) atoms. The Hall–Kier alpha value is -2.04. The van der Waals surface area contributed by atoms with E-state index in [1.54, 1.807) is 18.7 Å². The highest BCUT2D eigenvalue weighted by Gasteiger charge is 2.43. The van der Waals surface area contributed by atoms with Gasteiger partial charge in [-0.1, -0.05) is 12.1 Å². The SMILES string of the molecule is Cc1cccc(O[C@H](C)C(=O)N2CC[C@](C)(C(=O)O)C2)c1. The van der Waals surface area contributed by atoms with Crippen LogP contribution >= 0.6 is 0 Å². The number of ether oxygens (including phenoxy) is 1. The lowest BCUT2D eigenvalue weighted by Gasteiger charge is -2.23. The Balaban J connectivity index is 1.99. The minimum atomic E-state index is -0.856. The van der Waals surface area contributed by atoms with E-state index in [-0.39, 0.29) is 12.5 Å². The number of amides is 1. The predicted molar refractivity (Wildman–Crippen MR) is 78.2 cm³/mol.